The van der Waals surface area contributed by atoms with E-state index in [0.717, 1.165) is 0 Å². The van der Waals surface area contributed by atoms with Crippen LogP contribution < -0.4 is 5.73 Å². The van der Waals surface area contributed by atoms with Crippen LogP contribution in [-0.2, 0) is 0 Å². The van der Waals surface area contributed by atoms with E-state index in [1.807, 2.05) is 0 Å². The second-order valence-electron chi connectivity index (χ2n) is 3.45. The summed E-state index contributed by atoms with van der Waals surface area (Å²) in [4.78, 5) is 10.9. The Labute approximate surface area is 91.5 Å². The lowest BCUT2D eigenvalue weighted by Crippen LogP contribution is -1.99. The number of carboxylic acids is 1. The van der Waals surface area contributed by atoms with E-state index in [1.54, 1.807) is 25.1 Å². The Morgan fingerprint density at radius 1 is 1.44 bits per heavy atom. The molecule has 1 aromatic carbocycles. The lowest BCUT2D eigenvalue weighted by atomic mass is 10.0. The number of aromatic nitrogens is 1. The maximum atomic E-state index is 10.9. The third-order valence-electron chi connectivity index (χ3n) is 2.28. The standard InChI is InChI=1S/C11H10N2O3/c1-6-2-3-7(4-8(6)11(14)15)9-5-10(12)13-16-9/h2-5H,1H3,(H2,12,13)(H,14,15). The molecule has 0 aliphatic heterocycles. The smallest absolute Gasteiger partial charge is 0.335 e. The summed E-state index contributed by atoms with van der Waals surface area (Å²) in [6, 6.07) is 6.58. The van der Waals surface area contributed by atoms with E-state index in [2.05, 4.69) is 5.16 Å². The first-order valence-corrected chi connectivity index (χ1v) is 4.64. The van der Waals surface area contributed by atoms with E-state index < -0.39 is 5.97 Å². The highest BCUT2D eigenvalue weighted by Gasteiger charge is 2.11. The maximum Gasteiger partial charge on any atom is 0.335 e. The van der Waals surface area contributed by atoms with Crippen LogP contribution in [-0.4, -0.2) is 16.2 Å². The highest BCUT2D eigenvalue weighted by molar-refractivity contribution is 5.90. The van der Waals surface area contributed by atoms with E-state index in [4.69, 9.17) is 15.4 Å². The number of nitrogen functional groups attached to an aromatic ring is 1. The molecule has 0 aliphatic rings. The summed E-state index contributed by atoms with van der Waals surface area (Å²) in [5, 5.41) is 12.5. The van der Waals surface area contributed by atoms with Crippen molar-refractivity contribution in [2.24, 2.45) is 0 Å². The van der Waals surface area contributed by atoms with Crippen molar-refractivity contribution in [2.75, 3.05) is 5.73 Å². The molecule has 5 nitrogen and oxygen atoms in total. The molecule has 0 saturated heterocycles. The number of rotatable bonds is 2. The van der Waals surface area contributed by atoms with Crippen molar-refractivity contribution in [1.82, 2.24) is 5.16 Å². The summed E-state index contributed by atoms with van der Waals surface area (Å²) in [6.45, 7) is 1.74. The monoisotopic (exact) mass is 218 g/mol. The molecular formula is C11H10N2O3. The molecule has 3 N–H and O–H groups in total. The second kappa shape index (κ2) is 3.69. The molecule has 0 spiro atoms. The summed E-state index contributed by atoms with van der Waals surface area (Å²) in [6.07, 6.45) is 0. The Morgan fingerprint density at radius 3 is 2.75 bits per heavy atom. The average molecular weight is 218 g/mol. The van der Waals surface area contributed by atoms with Crippen LogP contribution in [0.3, 0.4) is 0 Å². The van der Waals surface area contributed by atoms with Gasteiger partial charge in [0.25, 0.3) is 0 Å². The van der Waals surface area contributed by atoms with Gasteiger partial charge < -0.3 is 15.4 Å². The van der Waals surface area contributed by atoms with Gasteiger partial charge in [0.2, 0.25) is 0 Å². The quantitative estimate of drug-likeness (QED) is 0.803. The van der Waals surface area contributed by atoms with Crippen LogP contribution in [0.1, 0.15) is 15.9 Å². The molecule has 16 heavy (non-hydrogen) atoms. The van der Waals surface area contributed by atoms with Crippen molar-refractivity contribution < 1.29 is 14.4 Å². The molecule has 0 unspecified atom stereocenters. The van der Waals surface area contributed by atoms with Gasteiger partial charge in [-0.2, -0.15) is 0 Å². The van der Waals surface area contributed by atoms with Crippen molar-refractivity contribution in [3.05, 3.63) is 35.4 Å². The number of nitrogens with two attached hydrogens (primary N) is 1. The predicted molar refractivity (Wildman–Crippen MR) is 58.0 cm³/mol. The number of anilines is 1. The highest BCUT2D eigenvalue weighted by Crippen LogP contribution is 2.23. The number of hydrogen-bond acceptors (Lipinski definition) is 4. The molecule has 2 aromatic rings. The Bertz CT molecular complexity index is 546. The fraction of sp³-hybridized carbons (Fsp3) is 0.0909. The zero-order valence-corrected chi connectivity index (χ0v) is 8.60. The van der Waals surface area contributed by atoms with Crippen LogP contribution in [0.2, 0.25) is 0 Å². The molecule has 1 aromatic heterocycles. The number of hydrogen-bond donors (Lipinski definition) is 2. The van der Waals surface area contributed by atoms with E-state index in [-0.39, 0.29) is 11.4 Å². The first-order valence-electron chi connectivity index (χ1n) is 4.64. The Kier molecular flexibility index (Phi) is 2.36. The number of carboxylic acid groups (broad SMARTS) is 1. The third-order valence-corrected chi connectivity index (χ3v) is 2.28. The minimum Gasteiger partial charge on any atom is -0.478 e. The van der Waals surface area contributed by atoms with E-state index in [0.29, 0.717) is 16.9 Å². The zero-order valence-electron chi connectivity index (χ0n) is 8.60. The second-order valence-corrected chi connectivity index (χ2v) is 3.45. The lowest BCUT2D eigenvalue weighted by Gasteiger charge is -2.02. The van der Waals surface area contributed by atoms with Gasteiger partial charge in [-0.25, -0.2) is 4.79 Å². The summed E-state index contributed by atoms with van der Waals surface area (Å²) in [5.74, 6) is -0.237. The number of aromatic carboxylic acids is 1. The van der Waals surface area contributed by atoms with Gasteiger partial charge in [-0.1, -0.05) is 17.3 Å². The zero-order chi connectivity index (χ0) is 11.7. The van der Waals surface area contributed by atoms with Gasteiger partial charge >= 0.3 is 5.97 Å². The normalized spacial score (nSPS) is 10.3. The lowest BCUT2D eigenvalue weighted by molar-refractivity contribution is 0.0696. The molecule has 0 saturated carbocycles. The first-order chi connectivity index (χ1) is 7.58. The topological polar surface area (TPSA) is 89.4 Å². The van der Waals surface area contributed by atoms with Gasteiger partial charge in [0, 0.05) is 11.6 Å². The van der Waals surface area contributed by atoms with Crippen LogP contribution in [0.25, 0.3) is 11.3 Å². The molecule has 2 rings (SSSR count). The molecule has 0 amide bonds. The van der Waals surface area contributed by atoms with Crippen molar-refractivity contribution in [1.29, 1.82) is 0 Å². The fourth-order valence-electron chi connectivity index (χ4n) is 1.43. The molecular weight excluding hydrogens is 208 g/mol. The molecule has 0 fully saturated rings. The van der Waals surface area contributed by atoms with Crippen molar-refractivity contribution >= 4 is 11.8 Å². The Balaban J connectivity index is 2.51. The van der Waals surface area contributed by atoms with E-state index in [9.17, 15) is 4.79 Å². The van der Waals surface area contributed by atoms with Crippen LogP contribution in [0, 0.1) is 6.92 Å². The van der Waals surface area contributed by atoms with Crippen LogP contribution in [0.15, 0.2) is 28.8 Å². The largest absolute Gasteiger partial charge is 0.478 e. The number of carbonyl (C=O) groups is 1. The summed E-state index contributed by atoms with van der Waals surface area (Å²) < 4.78 is 4.96. The minimum absolute atomic E-state index is 0.243. The van der Waals surface area contributed by atoms with Crippen LogP contribution in [0.4, 0.5) is 5.82 Å². The predicted octanol–water partition coefficient (Wildman–Crippen LogP) is 1.93. The first kappa shape index (κ1) is 10.2. The summed E-state index contributed by atoms with van der Waals surface area (Å²) >= 11 is 0. The van der Waals surface area contributed by atoms with Crippen LogP contribution >= 0.6 is 0 Å². The van der Waals surface area contributed by atoms with Gasteiger partial charge in [0.15, 0.2) is 11.6 Å². The fourth-order valence-corrected chi connectivity index (χ4v) is 1.43. The Morgan fingerprint density at radius 2 is 2.19 bits per heavy atom. The van der Waals surface area contributed by atoms with Crippen molar-refractivity contribution in [3.63, 3.8) is 0 Å². The van der Waals surface area contributed by atoms with Gasteiger partial charge in [0.05, 0.1) is 5.56 Å². The summed E-state index contributed by atoms with van der Waals surface area (Å²) in [7, 11) is 0. The molecule has 0 bridgehead atoms. The highest BCUT2D eigenvalue weighted by atomic mass is 16.5. The SMILES string of the molecule is Cc1ccc(-c2cc(N)no2)cc1C(=O)O. The van der Waals surface area contributed by atoms with Gasteiger partial charge in [-0.3, -0.25) is 0 Å². The average Bonchev–Trinajstić information content (AvgIpc) is 2.65. The maximum absolute atomic E-state index is 10.9. The molecule has 0 atom stereocenters. The van der Waals surface area contributed by atoms with E-state index in [1.165, 1.54) is 6.07 Å². The van der Waals surface area contributed by atoms with Gasteiger partial charge in [0.1, 0.15) is 0 Å². The van der Waals surface area contributed by atoms with Gasteiger partial charge in [-0.15, -0.1) is 0 Å². The molecule has 5 heteroatoms. The third kappa shape index (κ3) is 1.75. The number of nitrogens with zero attached hydrogens (tertiary/aromatic N) is 1. The minimum atomic E-state index is -0.966. The molecule has 0 radical (unpaired) electrons. The molecule has 0 aliphatic carbocycles. The number of benzene rings is 1. The van der Waals surface area contributed by atoms with Crippen LogP contribution in [0.5, 0.6) is 0 Å². The van der Waals surface area contributed by atoms with Gasteiger partial charge in [-0.05, 0) is 18.6 Å². The van der Waals surface area contributed by atoms with Crippen molar-refractivity contribution in [3.8, 4) is 11.3 Å². The molecule has 1 heterocycles. The van der Waals surface area contributed by atoms with E-state index >= 15 is 0 Å². The summed E-state index contributed by atoms with van der Waals surface area (Å²) in [5.41, 5.74) is 7.01. The Hall–Kier alpha value is -2.30. The molecule has 82 valence electrons. The number of aryl methyl sites for hydroxylation is 1. The van der Waals surface area contributed by atoms with Crippen molar-refractivity contribution in [2.45, 2.75) is 6.92 Å².